The molecule has 2 rings (SSSR count). The zero-order valence-electron chi connectivity index (χ0n) is 10.8. The van der Waals surface area contributed by atoms with E-state index in [1.165, 1.54) is 5.56 Å². The average Bonchev–Trinajstić information content (AvgIpc) is 2.47. The predicted molar refractivity (Wildman–Crippen MR) is 76.3 cm³/mol. The lowest BCUT2D eigenvalue weighted by Gasteiger charge is -2.07. The number of hydrogen-bond donors (Lipinski definition) is 1. The summed E-state index contributed by atoms with van der Waals surface area (Å²) >= 11 is 0. The molecule has 0 spiro atoms. The van der Waals surface area contributed by atoms with E-state index in [2.05, 4.69) is 11.6 Å². The van der Waals surface area contributed by atoms with Gasteiger partial charge in [0.25, 0.3) is 0 Å². The smallest absolute Gasteiger partial charge is 0.207 e. The van der Waals surface area contributed by atoms with Crippen LogP contribution in [0.3, 0.4) is 0 Å². The highest BCUT2D eigenvalue weighted by atomic mass is 32.2. The van der Waals surface area contributed by atoms with Gasteiger partial charge in [-0.1, -0.05) is 49.4 Å². The Bertz CT molecular complexity index is 619. The number of sulfonamides is 1. The molecule has 0 amide bonds. The van der Waals surface area contributed by atoms with Crippen molar-refractivity contribution in [2.75, 3.05) is 0 Å². The van der Waals surface area contributed by atoms with E-state index >= 15 is 0 Å². The Morgan fingerprint density at radius 1 is 0.895 bits per heavy atom. The fraction of sp³-hybridized carbons (Fsp3) is 0.200. The summed E-state index contributed by atoms with van der Waals surface area (Å²) in [5.41, 5.74) is 2.20. The van der Waals surface area contributed by atoms with E-state index in [4.69, 9.17) is 0 Å². The second-order valence-electron chi connectivity index (χ2n) is 4.31. The lowest BCUT2D eigenvalue weighted by Crippen LogP contribution is -2.23. The molecule has 3 nitrogen and oxygen atoms in total. The Balaban J connectivity index is 2.05. The van der Waals surface area contributed by atoms with Crippen LogP contribution >= 0.6 is 0 Å². The number of aryl methyl sites for hydroxylation is 1. The largest absolute Gasteiger partial charge is 0.240 e. The van der Waals surface area contributed by atoms with Crippen LogP contribution in [0.25, 0.3) is 0 Å². The summed E-state index contributed by atoms with van der Waals surface area (Å²) in [6.45, 7) is 2.40. The van der Waals surface area contributed by atoms with Gasteiger partial charge in [-0.25, -0.2) is 13.1 Å². The van der Waals surface area contributed by atoms with Crippen LogP contribution in [-0.2, 0) is 23.0 Å². The van der Waals surface area contributed by atoms with Crippen molar-refractivity contribution in [2.24, 2.45) is 0 Å². The average molecular weight is 275 g/mol. The van der Waals surface area contributed by atoms with Gasteiger partial charge in [-0.05, 0) is 29.7 Å². The Kier molecular flexibility index (Phi) is 4.35. The summed E-state index contributed by atoms with van der Waals surface area (Å²) in [6, 6.07) is 16.3. The van der Waals surface area contributed by atoms with E-state index in [0.29, 0.717) is 11.4 Å². The lowest BCUT2D eigenvalue weighted by molar-refractivity contribution is 0.581. The van der Waals surface area contributed by atoms with Crippen LogP contribution < -0.4 is 4.72 Å². The molecular weight excluding hydrogens is 258 g/mol. The van der Waals surface area contributed by atoms with Gasteiger partial charge < -0.3 is 0 Å². The molecule has 19 heavy (non-hydrogen) atoms. The third kappa shape index (κ3) is 3.66. The number of nitrogens with one attached hydrogen (secondary N) is 1. The quantitative estimate of drug-likeness (QED) is 0.912. The van der Waals surface area contributed by atoms with Gasteiger partial charge in [-0.2, -0.15) is 0 Å². The maximum absolute atomic E-state index is 12.0. The normalized spacial score (nSPS) is 11.4. The SMILES string of the molecule is CCc1ccc(CNS(=O)(=O)c2ccccc2)cc1. The van der Waals surface area contributed by atoms with Crippen LogP contribution in [-0.4, -0.2) is 8.42 Å². The molecule has 2 aromatic carbocycles. The van der Waals surface area contributed by atoms with Crippen molar-refractivity contribution in [2.45, 2.75) is 24.8 Å². The minimum Gasteiger partial charge on any atom is -0.207 e. The van der Waals surface area contributed by atoms with E-state index in [1.807, 2.05) is 24.3 Å². The molecule has 4 heteroatoms. The van der Waals surface area contributed by atoms with Crippen molar-refractivity contribution in [1.82, 2.24) is 4.72 Å². The third-order valence-electron chi connectivity index (χ3n) is 2.95. The van der Waals surface area contributed by atoms with Crippen molar-refractivity contribution >= 4 is 10.0 Å². The van der Waals surface area contributed by atoms with Gasteiger partial charge >= 0.3 is 0 Å². The summed E-state index contributed by atoms with van der Waals surface area (Å²) in [5, 5.41) is 0. The number of hydrogen-bond acceptors (Lipinski definition) is 2. The van der Waals surface area contributed by atoms with Gasteiger partial charge in [0.2, 0.25) is 10.0 Å². The molecule has 0 fully saturated rings. The Morgan fingerprint density at radius 2 is 1.47 bits per heavy atom. The van der Waals surface area contributed by atoms with Crippen LogP contribution in [0.1, 0.15) is 18.1 Å². The summed E-state index contributed by atoms with van der Waals surface area (Å²) in [6.07, 6.45) is 0.982. The molecule has 0 atom stereocenters. The summed E-state index contributed by atoms with van der Waals surface area (Å²) in [7, 11) is -3.42. The van der Waals surface area contributed by atoms with Crippen LogP contribution in [0.2, 0.25) is 0 Å². The molecule has 0 saturated carbocycles. The van der Waals surface area contributed by atoms with Crippen LogP contribution in [0.5, 0.6) is 0 Å². The molecule has 0 aromatic heterocycles. The molecule has 0 bridgehead atoms. The highest BCUT2D eigenvalue weighted by molar-refractivity contribution is 7.89. The molecular formula is C15H17NO2S. The first kappa shape index (κ1) is 13.8. The molecule has 0 aliphatic heterocycles. The van der Waals surface area contributed by atoms with Crippen molar-refractivity contribution in [3.63, 3.8) is 0 Å². The maximum atomic E-state index is 12.0. The highest BCUT2D eigenvalue weighted by Gasteiger charge is 2.12. The topological polar surface area (TPSA) is 46.2 Å². The third-order valence-corrected chi connectivity index (χ3v) is 4.37. The highest BCUT2D eigenvalue weighted by Crippen LogP contribution is 2.09. The predicted octanol–water partition coefficient (Wildman–Crippen LogP) is 2.73. The van der Waals surface area contributed by atoms with Crippen molar-refractivity contribution in [3.05, 3.63) is 65.7 Å². The summed E-state index contributed by atoms with van der Waals surface area (Å²) < 4.78 is 26.6. The number of rotatable bonds is 5. The Morgan fingerprint density at radius 3 is 2.05 bits per heavy atom. The number of benzene rings is 2. The molecule has 0 heterocycles. The van der Waals surface area contributed by atoms with Crippen molar-refractivity contribution in [3.8, 4) is 0 Å². The van der Waals surface area contributed by atoms with E-state index < -0.39 is 10.0 Å². The van der Waals surface area contributed by atoms with E-state index in [-0.39, 0.29) is 0 Å². The minimum absolute atomic E-state index is 0.292. The molecule has 0 aliphatic rings. The van der Waals surface area contributed by atoms with Crippen LogP contribution in [0.4, 0.5) is 0 Å². The molecule has 0 aliphatic carbocycles. The second-order valence-corrected chi connectivity index (χ2v) is 6.07. The standard InChI is InChI=1S/C15H17NO2S/c1-2-13-8-10-14(11-9-13)12-16-19(17,18)15-6-4-3-5-7-15/h3-11,16H,2,12H2,1H3. The van der Waals surface area contributed by atoms with Crippen molar-refractivity contribution in [1.29, 1.82) is 0 Å². The van der Waals surface area contributed by atoms with Gasteiger partial charge in [-0.3, -0.25) is 0 Å². The van der Waals surface area contributed by atoms with E-state index in [9.17, 15) is 8.42 Å². The van der Waals surface area contributed by atoms with E-state index in [0.717, 1.165) is 12.0 Å². The molecule has 0 radical (unpaired) electrons. The summed E-state index contributed by atoms with van der Waals surface area (Å²) in [4.78, 5) is 0.292. The molecule has 2 aromatic rings. The molecule has 0 unspecified atom stereocenters. The first-order valence-corrected chi connectivity index (χ1v) is 7.72. The zero-order valence-corrected chi connectivity index (χ0v) is 11.7. The van der Waals surface area contributed by atoms with Gasteiger partial charge in [0, 0.05) is 6.54 Å². The first-order valence-electron chi connectivity index (χ1n) is 6.24. The molecule has 1 N–H and O–H groups in total. The maximum Gasteiger partial charge on any atom is 0.240 e. The summed E-state index contributed by atoms with van der Waals surface area (Å²) in [5.74, 6) is 0. The van der Waals surface area contributed by atoms with Gasteiger partial charge in [0.15, 0.2) is 0 Å². The minimum atomic E-state index is -3.42. The zero-order chi connectivity index (χ0) is 13.7. The van der Waals surface area contributed by atoms with Crippen molar-refractivity contribution < 1.29 is 8.42 Å². The van der Waals surface area contributed by atoms with Gasteiger partial charge in [-0.15, -0.1) is 0 Å². The van der Waals surface area contributed by atoms with Gasteiger partial charge in [0.05, 0.1) is 4.90 Å². The Hall–Kier alpha value is -1.65. The monoisotopic (exact) mass is 275 g/mol. The first-order chi connectivity index (χ1) is 9.12. The fourth-order valence-electron chi connectivity index (χ4n) is 1.75. The van der Waals surface area contributed by atoms with E-state index in [1.54, 1.807) is 30.3 Å². The molecule has 100 valence electrons. The lowest BCUT2D eigenvalue weighted by atomic mass is 10.1. The molecule has 0 saturated heterocycles. The van der Waals surface area contributed by atoms with Crippen LogP contribution in [0.15, 0.2) is 59.5 Å². The Labute approximate surface area is 114 Å². The van der Waals surface area contributed by atoms with Crippen LogP contribution in [0, 0.1) is 0 Å². The second kappa shape index (κ2) is 5.99. The fourth-order valence-corrected chi connectivity index (χ4v) is 2.79. The van der Waals surface area contributed by atoms with Gasteiger partial charge in [0.1, 0.15) is 0 Å².